The average molecular weight is 216 g/mol. The van der Waals surface area contributed by atoms with Gasteiger partial charge in [0.05, 0.1) is 6.10 Å². The number of urea groups is 1. The summed E-state index contributed by atoms with van der Waals surface area (Å²) in [6, 6.07) is -1.68. The minimum absolute atomic E-state index is 0.133. The predicted octanol–water partition coefficient (Wildman–Crippen LogP) is -0.472. The largest absolute Gasteiger partial charge is 0.480 e. The number of hydrogen-bond acceptors (Lipinski definition) is 3. The first-order chi connectivity index (χ1) is 6.91. The molecule has 2 amide bonds. The number of hydrogen-bond donors (Lipinski definition) is 4. The lowest BCUT2D eigenvalue weighted by molar-refractivity contribution is -0.141. The standard InChI is InChI=1S/C9H16N2O4/c1-4-3-6(4)10-9(15)11-7(5(2)12)8(13)14/h4-7,12H,3H2,1-2H3,(H,13,14)(H2,10,11,15). The van der Waals surface area contributed by atoms with E-state index in [0.717, 1.165) is 6.42 Å². The number of aliphatic carboxylic acids is 1. The van der Waals surface area contributed by atoms with Crippen LogP contribution in [0.1, 0.15) is 20.3 Å². The Bertz CT molecular complexity index is 267. The van der Waals surface area contributed by atoms with E-state index >= 15 is 0 Å². The van der Waals surface area contributed by atoms with E-state index in [0.29, 0.717) is 5.92 Å². The molecule has 15 heavy (non-hydrogen) atoms. The first-order valence-electron chi connectivity index (χ1n) is 4.89. The van der Waals surface area contributed by atoms with Gasteiger partial charge in [-0.2, -0.15) is 0 Å². The zero-order valence-corrected chi connectivity index (χ0v) is 8.73. The van der Waals surface area contributed by atoms with Gasteiger partial charge in [-0.1, -0.05) is 6.92 Å². The molecular weight excluding hydrogens is 200 g/mol. The van der Waals surface area contributed by atoms with Crippen LogP contribution in [0.4, 0.5) is 4.79 Å². The third kappa shape index (κ3) is 3.39. The molecule has 0 saturated heterocycles. The van der Waals surface area contributed by atoms with Gasteiger partial charge in [-0.05, 0) is 19.3 Å². The maximum Gasteiger partial charge on any atom is 0.328 e. The molecule has 6 heteroatoms. The Hall–Kier alpha value is -1.30. The quantitative estimate of drug-likeness (QED) is 0.510. The van der Waals surface area contributed by atoms with Gasteiger partial charge in [-0.15, -0.1) is 0 Å². The van der Waals surface area contributed by atoms with Crippen LogP contribution in [-0.2, 0) is 4.79 Å². The SMILES string of the molecule is CC(O)C(NC(=O)NC1CC1C)C(=O)O. The van der Waals surface area contributed by atoms with Gasteiger partial charge in [-0.3, -0.25) is 0 Å². The summed E-state index contributed by atoms with van der Waals surface area (Å²) in [6.07, 6.45) is -0.204. The van der Waals surface area contributed by atoms with E-state index in [4.69, 9.17) is 10.2 Å². The number of carbonyl (C=O) groups excluding carboxylic acids is 1. The molecule has 1 fully saturated rings. The lowest BCUT2D eigenvalue weighted by Gasteiger charge is -2.17. The fraction of sp³-hybridized carbons (Fsp3) is 0.778. The highest BCUT2D eigenvalue weighted by molar-refractivity contribution is 5.83. The lowest BCUT2D eigenvalue weighted by Crippen LogP contribution is -2.51. The van der Waals surface area contributed by atoms with Crippen molar-refractivity contribution in [3.63, 3.8) is 0 Å². The third-order valence-corrected chi connectivity index (χ3v) is 2.46. The van der Waals surface area contributed by atoms with Crippen LogP contribution in [0.2, 0.25) is 0 Å². The number of carbonyl (C=O) groups is 2. The monoisotopic (exact) mass is 216 g/mol. The molecule has 0 aliphatic heterocycles. The number of aliphatic hydroxyl groups excluding tert-OH is 1. The van der Waals surface area contributed by atoms with Crippen LogP contribution in [-0.4, -0.2) is 40.4 Å². The van der Waals surface area contributed by atoms with Crippen LogP contribution in [0.5, 0.6) is 0 Å². The Labute approximate surface area is 87.7 Å². The average Bonchev–Trinajstić information content (AvgIpc) is 2.76. The van der Waals surface area contributed by atoms with Gasteiger partial charge >= 0.3 is 12.0 Å². The molecule has 0 bridgehead atoms. The first-order valence-corrected chi connectivity index (χ1v) is 4.89. The molecule has 1 saturated carbocycles. The summed E-state index contributed by atoms with van der Waals surface area (Å²) in [5, 5.41) is 22.6. The van der Waals surface area contributed by atoms with Gasteiger partial charge < -0.3 is 20.8 Å². The molecule has 4 unspecified atom stereocenters. The van der Waals surface area contributed by atoms with Crippen LogP contribution >= 0.6 is 0 Å². The summed E-state index contributed by atoms with van der Waals surface area (Å²) in [4.78, 5) is 21.9. The highest BCUT2D eigenvalue weighted by Gasteiger charge is 2.35. The summed E-state index contributed by atoms with van der Waals surface area (Å²) < 4.78 is 0. The maximum absolute atomic E-state index is 11.3. The fourth-order valence-electron chi connectivity index (χ4n) is 1.26. The molecule has 6 nitrogen and oxygen atoms in total. The topological polar surface area (TPSA) is 98.7 Å². The van der Waals surface area contributed by atoms with E-state index in [-0.39, 0.29) is 6.04 Å². The zero-order chi connectivity index (χ0) is 11.6. The Morgan fingerprint density at radius 2 is 2.00 bits per heavy atom. The second-order valence-electron chi connectivity index (χ2n) is 3.99. The fourth-order valence-corrected chi connectivity index (χ4v) is 1.26. The van der Waals surface area contributed by atoms with Gasteiger partial charge in [0.1, 0.15) is 0 Å². The molecule has 0 aromatic carbocycles. The molecule has 4 atom stereocenters. The van der Waals surface area contributed by atoms with Crippen molar-refractivity contribution in [3.8, 4) is 0 Å². The van der Waals surface area contributed by atoms with Crippen molar-refractivity contribution in [1.29, 1.82) is 0 Å². The minimum atomic E-state index is -1.26. The van der Waals surface area contributed by atoms with Crippen LogP contribution < -0.4 is 10.6 Å². The number of rotatable bonds is 4. The molecule has 86 valence electrons. The number of nitrogens with one attached hydrogen (secondary N) is 2. The van der Waals surface area contributed by atoms with E-state index in [1.54, 1.807) is 0 Å². The summed E-state index contributed by atoms with van der Waals surface area (Å²) in [5.41, 5.74) is 0. The Morgan fingerprint density at radius 3 is 2.33 bits per heavy atom. The molecule has 0 aromatic rings. The van der Waals surface area contributed by atoms with Crippen molar-refractivity contribution in [2.45, 2.75) is 38.5 Å². The molecule has 0 radical (unpaired) electrons. The zero-order valence-electron chi connectivity index (χ0n) is 8.73. The van der Waals surface area contributed by atoms with Gasteiger partial charge in [0.15, 0.2) is 6.04 Å². The number of amides is 2. The summed E-state index contributed by atoms with van der Waals surface area (Å²) in [5.74, 6) is -0.797. The van der Waals surface area contributed by atoms with Crippen molar-refractivity contribution in [2.75, 3.05) is 0 Å². The van der Waals surface area contributed by atoms with Gasteiger partial charge in [0.25, 0.3) is 0 Å². The smallest absolute Gasteiger partial charge is 0.328 e. The molecule has 0 spiro atoms. The van der Waals surface area contributed by atoms with E-state index < -0.39 is 24.1 Å². The molecule has 1 aliphatic rings. The van der Waals surface area contributed by atoms with Crippen LogP contribution in [0.3, 0.4) is 0 Å². The van der Waals surface area contributed by atoms with Gasteiger partial charge in [-0.25, -0.2) is 9.59 Å². The first kappa shape index (κ1) is 11.8. The second kappa shape index (κ2) is 4.48. The summed E-state index contributed by atoms with van der Waals surface area (Å²) in [7, 11) is 0. The van der Waals surface area contributed by atoms with E-state index in [1.165, 1.54) is 6.92 Å². The van der Waals surface area contributed by atoms with Crippen molar-refractivity contribution >= 4 is 12.0 Å². The van der Waals surface area contributed by atoms with Crippen molar-refractivity contribution in [1.82, 2.24) is 10.6 Å². The lowest BCUT2D eigenvalue weighted by atomic mass is 10.2. The maximum atomic E-state index is 11.3. The molecule has 1 aliphatic carbocycles. The van der Waals surface area contributed by atoms with Crippen molar-refractivity contribution in [3.05, 3.63) is 0 Å². The Kier molecular flexibility index (Phi) is 3.52. The number of carboxylic acids is 1. The van der Waals surface area contributed by atoms with Crippen LogP contribution in [0.15, 0.2) is 0 Å². The van der Waals surface area contributed by atoms with Gasteiger partial charge in [0, 0.05) is 6.04 Å². The summed E-state index contributed by atoms with van der Waals surface area (Å²) >= 11 is 0. The van der Waals surface area contributed by atoms with E-state index in [9.17, 15) is 9.59 Å². The van der Waals surface area contributed by atoms with E-state index in [1.807, 2.05) is 6.92 Å². The van der Waals surface area contributed by atoms with Crippen LogP contribution in [0.25, 0.3) is 0 Å². The van der Waals surface area contributed by atoms with Crippen molar-refractivity contribution < 1.29 is 19.8 Å². The minimum Gasteiger partial charge on any atom is -0.480 e. The van der Waals surface area contributed by atoms with Crippen LogP contribution in [0, 0.1) is 5.92 Å². The molecule has 0 heterocycles. The molecular formula is C9H16N2O4. The third-order valence-electron chi connectivity index (χ3n) is 2.46. The molecule has 0 aromatic heterocycles. The number of aliphatic hydroxyl groups is 1. The summed E-state index contributed by atoms with van der Waals surface area (Å²) in [6.45, 7) is 3.31. The molecule has 1 rings (SSSR count). The highest BCUT2D eigenvalue weighted by atomic mass is 16.4. The Balaban J connectivity index is 2.37. The highest BCUT2D eigenvalue weighted by Crippen LogP contribution is 2.28. The molecule has 4 N–H and O–H groups in total. The normalized spacial score (nSPS) is 27.7. The number of carboxylic acid groups (broad SMARTS) is 1. The van der Waals surface area contributed by atoms with E-state index in [2.05, 4.69) is 10.6 Å². The van der Waals surface area contributed by atoms with Crippen molar-refractivity contribution in [2.24, 2.45) is 5.92 Å². The van der Waals surface area contributed by atoms with Gasteiger partial charge in [0.2, 0.25) is 0 Å². The second-order valence-corrected chi connectivity index (χ2v) is 3.99. The Morgan fingerprint density at radius 1 is 1.47 bits per heavy atom. The predicted molar refractivity (Wildman–Crippen MR) is 52.3 cm³/mol.